The van der Waals surface area contributed by atoms with E-state index in [-0.39, 0.29) is 66.0 Å². The lowest BCUT2D eigenvalue weighted by Gasteiger charge is -2.21. The molecule has 0 aromatic heterocycles. The molecule has 0 aliphatic carbocycles. The van der Waals surface area contributed by atoms with E-state index in [0.29, 0.717) is 51.7 Å². The largest absolute Gasteiger partial charge is 0.481 e. The van der Waals surface area contributed by atoms with Crippen LogP contribution in [0.15, 0.2) is 101 Å². The molecule has 3 aromatic rings. The topological polar surface area (TPSA) is 367 Å². The van der Waals surface area contributed by atoms with Crippen molar-refractivity contribution in [2.45, 2.75) is 141 Å². The monoisotopic (exact) mass is 1020 g/mol. The Bertz CT molecular complexity index is 2160. The zero-order chi connectivity index (χ0) is 54.6. The van der Waals surface area contributed by atoms with Crippen LogP contribution in [0, 0.1) is 0 Å². The van der Waals surface area contributed by atoms with E-state index in [1.165, 1.54) is 19.4 Å². The molecule has 402 valence electrons. The molecule has 21 nitrogen and oxygen atoms in total. The van der Waals surface area contributed by atoms with Crippen LogP contribution in [-0.4, -0.2) is 114 Å². The first kappa shape index (κ1) is 63.5. The Hall–Kier alpha value is -7.55. The van der Waals surface area contributed by atoms with E-state index in [1.54, 1.807) is 0 Å². The number of aliphatic imine (C=N–C) groups is 2. The summed E-state index contributed by atoms with van der Waals surface area (Å²) in [5.74, 6) is -3.15. The van der Waals surface area contributed by atoms with E-state index in [9.17, 15) is 33.6 Å². The number of nitrogens with zero attached hydrogens (tertiary/aromatic N) is 2. The number of aliphatic carboxylic acids is 1. The molecule has 0 fully saturated rings. The highest BCUT2D eigenvalue weighted by molar-refractivity contribution is 5.96. The maximum atomic E-state index is 12.5. The van der Waals surface area contributed by atoms with Gasteiger partial charge in [0, 0.05) is 45.1 Å². The Morgan fingerprint density at radius 3 is 1.08 bits per heavy atom. The van der Waals surface area contributed by atoms with Gasteiger partial charge in [-0.15, -0.1) is 0 Å². The highest BCUT2D eigenvalue weighted by Gasteiger charge is 2.24. The molecule has 73 heavy (non-hydrogen) atoms. The van der Waals surface area contributed by atoms with Crippen molar-refractivity contribution >= 4 is 53.3 Å². The van der Waals surface area contributed by atoms with Crippen LogP contribution in [0.25, 0.3) is 0 Å². The summed E-state index contributed by atoms with van der Waals surface area (Å²) in [6.45, 7) is 9.91. The van der Waals surface area contributed by atoms with E-state index in [4.69, 9.17) is 33.8 Å². The molecule has 0 saturated carbocycles. The van der Waals surface area contributed by atoms with Gasteiger partial charge in [-0.25, -0.2) is 0 Å². The molecule has 0 radical (unpaired) electrons. The van der Waals surface area contributed by atoms with Crippen molar-refractivity contribution in [2.75, 3.05) is 19.6 Å². The highest BCUT2D eigenvalue weighted by Crippen LogP contribution is 2.08. The molecule has 0 aliphatic rings. The van der Waals surface area contributed by atoms with Crippen molar-refractivity contribution in [3.05, 3.63) is 108 Å². The number of carbonyl (C=O) groups is 7. The lowest BCUT2D eigenvalue weighted by Crippen LogP contribution is -2.49. The summed E-state index contributed by atoms with van der Waals surface area (Å²) >= 11 is 0. The molecule has 0 saturated heterocycles. The van der Waals surface area contributed by atoms with Gasteiger partial charge in [0.25, 0.3) is 0 Å². The van der Waals surface area contributed by atoms with Gasteiger partial charge in [0.05, 0.1) is 0 Å². The molecule has 0 bridgehead atoms. The minimum Gasteiger partial charge on any atom is -0.481 e. The number of benzene rings is 3. The van der Waals surface area contributed by atoms with Crippen molar-refractivity contribution in [3.63, 3.8) is 0 Å². The number of carboxylic acid groups (broad SMARTS) is 1. The number of nitrogens with two attached hydrogens (primary N) is 5. The fourth-order valence-electron chi connectivity index (χ4n) is 7.27. The van der Waals surface area contributed by atoms with Gasteiger partial charge in [-0.2, -0.15) is 0 Å². The van der Waals surface area contributed by atoms with Gasteiger partial charge in [0.15, 0.2) is 11.9 Å². The molecule has 0 spiro atoms. The van der Waals surface area contributed by atoms with Gasteiger partial charge >= 0.3 is 5.97 Å². The van der Waals surface area contributed by atoms with Crippen LogP contribution in [-0.2, 0) is 52.8 Å². The summed E-state index contributed by atoms with van der Waals surface area (Å²) < 4.78 is 0. The van der Waals surface area contributed by atoms with Crippen LogP contribution in [0.5, 0.6) is 0 Å². The summed E-state index contributed by atoms with van der Waals surface area (Å²) in [4.78, 5) is 89.9. The molecule has 0 heterocycles. The molecular weight excluding hydrogens is 935 g/mol. The lowest BCUT2D eigenvalue weighted by atomic mass is 10.1. The van der Waals surface area contributed by atoms with Gasteiger partial charge < -0.3 is 65.7 Å². The molecule has 0 unspecified atom stereocenters. The van der Waals surface area contributed by atoms with Gasteiger partial charge in [-0.05, 0) is 108 Å². The third kappa shape index (κ3) is 32.9. The van der Waals surface area contributed by atoms with Crippen molar-refractivity contribution in [2.24, 2.45) is 38.7 Å². The highest BCUT2D eigenvalue weighted by atomic mass is 16.4. The van der Waals surface area contributed by atoms with E-state index in [1.807, 2.05) is 112 Å². The summed E-state index contributed by atoms with van der Waals surface area (Å²) in [7, 11) is 0. The number of rotatable bonds is 29. The number of guanidine groups is 2. The van der Waals surface area contributed by atoms with Gasteiger partial charge in [-0.1, -0.05) is 91.0 Å². The first-order valence-corrected chi connectivity index (χ1v) is 24.6. The molecule has 6 amide bonds. The average Bonchev–Trinajstić information content (AvgIpc) is 3.31. The minimum atomic E-state index is -1.26. The fraction of sp³-hybridized carbons (Fsp3) is 0.481. The number of amides is 6. The zero-order valence-electron chi connectivity index (χ0n) is 43.1. The first-order valence-electron chi connectivity index (χ1n) is 24.6. The predicted molar refractivity (Wildman–Crippen MR) is 285 cm³/mol. The van der Waals surface area contributed by atoms with E-state index < -0.39 is 36.4 Å². The third-order valence-electron chi connectivity index (χ3n) is 10.5. The lowest BCUT2D eigenvalue weighted by molar-refractivity contribution is -0.142. The van der Waals surface area contributed by atoms with Crippen LogP contribution in [0.4, 0.5) is 0 Å². The second-order valence-electron chi connectivity index (χ2n) is 17.7. The van der Waals surface area contributed by atoms with Crippen molar-refractivity contribution in [1.82, 2.24) is 31.9 Å². The summed E-state index contributed by atoms with van der Waals surface area (Å²) in [6.07, 6.45) is 5.53. The van der Waals surface area contributed by atoms with E-state index >= 15 is 0 Å². The van der Waals surface area contributed by atoms with Crippen LogP contribution >= 0.6 is 0 Å². The Morgan fingerprint density at radius 2 is 0.795 bits per heavy atom. The number of nitrogens with one attached hydrogen (secondary N) is 6. The van der Waals surface area contributed by atoms with Crippen molar-refractivity contribution in [1.29, 1.82) is 0 Å². The second kappa shape index (κ2) is 37.3. The molecule has 6 atom stereocenters. The Kier molecular flexibility index (Phi) is 32.4. The maximum Gasteiger partial charge on any atom is 0.312 e. The van der Waals surface area contributed by atoms with Crippen molar-refractivity contribution in [3.8, 4) is 0 Å². The van der Waals surface area contributed by atoms with Crippen LogP contribution < -0.4 is 60.6 Å². The summed E-state index contributed by atoms with van der Waals surface area (Å²) in [5, 5.41) is 25.3. The minimum absolute atomic E-state index is 0.0145. The van der Waals surface area contributed by atoms with Gasteiger partial charge in [0.1, 0.15) is 24.5 Å². The van der Waals surface area contributed by atoms with Crippen LogP contribution in [0.3, 0.4) is 0 Å². The Labute approximate surface area is 430 Å². The zero-order valence-corrected chi connectivity index (χ0v) is 43.1. The van der Waals surface area contributed by atoms with Crippen LogP contribution in [0.2, 0.25) is 0 Å². The number of carboxylic acids is 1. The summed E-state index contributed by atoms with van der Waals surface area (Å²) in [5.41, 5.74) is 29.9. The van der Waals surface area contributed by atoms with Crippen molar-refractivity contribution < 1.29 is 38.7 Å². The second-order valence-corrected chi connectivity index (χ2v) is 17.7. The fourth-order valence-corrected chi connectivity index (χ4v) is 7.27. The molecule has 3 aromatic carbocycles. The average molecular weight is 1020 g/mol. The third-order valence-corrected chi connectivity index (χ3v) is 10.5. The first-order chi connectivity index (χ1) is 34.7. The SMILES string of the molecule is CC(=O)N[C@@H](CCCCN)C(=O)N[C@@H](C)Cc1ccccc1.CC(=O)N[C@@H](CCCN=C(N)N)C(=O)N[C@@H](C)Cc1ccccc1.C[C@@H](Cc1ccccc1)NC(=O)[C@H](CCCN=C(N)N)NC(=O)CC(=O)O. The predicted octanol–water partition coefficient (Wildman–Crippen LogP) is 1.41. The number of carbonyl (C=O) groups excluding carboxylic acids is 6. The quantitative estimate of drug-likeness (QED) is 0.0203. The number of hydrogen-bond acceptors (Lipinski definition) is 10. The maximum absolute atomic E-state index is 12.5. The molecule has 0 aliphatic heterocycles. The molecule has 21 heteroatoms. The smallest absolute Gasteiger partial charge is 0.312 e. The number of unbranched alkanes of at least 4 members (excludes halogenated alkanes) is 1. The molecule has 3 rings (SSSR count). The van der Waals surface area contributed by atoms with Gasteiger partial charge in [-0.3, -0.25) is 43.5 Å². The summed E-state index contributed by atoms with van der Waals surface area (Å²) in [6, 6.07) is 27.5. The molecule has 17 N–H and O–H groups in total. The standard InChI is InChI=1S/C18H27N5O4.C17H27N5O2.C17H27N3O2/c1-12(10-13-6-3-2-4-7-13)22-17(27)14(8-5-9-21-18(19)20)23-15(24)11-16(25)26;1-12(11-14-7-4-3-5-8-14)21-16(24)15(22-13(2)23)9-6-10-20-17(18)19;1-13(12-15-8-4-3-5-9-15)19-17(22)16(20-14(2)21)10-6-7-11-18/h2-4,6-7,12,14H,5,8-11H2,1H3,(H,22,27)(H,23,24)(H,25,26)(H4,19,20,21);3-5,7-8,12,15H,6,9-11H2,1-2H3,(H,21,24)(H,22,23)(H4,18,19,20);3-5,8-9,13,16H,6-7,10-12,18H2,1-2H3,(H,19,22)(H,20,21)/t12-,14-;12-,15-;13-,16-/m000/s1. The van der Waals surface area contributed by atoms with E-state index in [2.05, 4.69) is 41.9 Å². The Balaban J connectivity index is 0.000000550. The van der Waals surface area contributed by atoms with Gasteiger partial charge in [0.2, 0.25) is 35.4 Å². The normalized spacial score (nSPS) is 12.8. The number of hydrogen-bond donors (Lipinski definition) is 12. The van der Waals surface area contributed by atoms with Crippen LogP contribution in [0.1, 0.15) is 103 Å². The Morgan fingerprint density at radius 1 is 0.479 bits per heavy atom. The molecular formula is C52H81N13O8. The van der Waals surface area contributed by atoms with E-state index in [0.717, 1.165) is 36.8 Å².